The number of thioether (sulfide) groups is 1. The van der Waals surface area contributed by atoms with E-state index in [0.29, 0.717) is 5.41 Å². The van der Waals surface area contributed by atoms with E-state index >= 15 is 0 Å². The predicted molar refractivity (Wildman–Crippen MR) is 109 cm³/mol. The number of aromatic amines is 1. The molecule has 140 valence electrons. The fourth-order valence-electron chi connectivity index (χ4n) is 3.93. The molecule has 2 aliphatic rings. The van der Waals surface area contributed by atoms with Gasteiger partial charge in [0.05, 0.1) is 12.0 Å². The van der Waals surface area contributed by atoms with Gasteiger partial charge in [0.15, 0.2) is 0 Å². The largest absolute Gasteiger partial charge is 0.348 e. The van der Waals surface area contributed by atoms with Crippen LogP contribution in [0.2, 0.25) is 0 Å². The molecule has 1 aromatic heterocycles. The number of rotatable bonds is 6. The van der Waals surface area contributed by atoms with E-state index in [1.54, 1.807) is 6.33 Å². The summed E-state index contributed by atoms with van der Waals surface area (Å²) in [6, 6.07) is 0.758. The van der Waals surface area contributed by atoms with Crippen molar-refractivity contribution in [1.82, 2.24) is 20.6 Å². The van der Waals surface area contributed by atoms with Crippen molar-refractivity contribution in [3.05, 3.63) is 17.7 Å². The van der Waals surface area contributed by atoms with Crippen molar-refractivity contribution in [2.45, 2.75) is 57.2 Å². The molecule has 0 radical (unpaired) electrons. The zero-order valence-corrected chi connectivity index (χ0v) is 17.1. The van der Waals surface area contributed by atoms with Gasteiger partial charge in [-0.05, 0) is 64.0 Å². The topological polar surface area (TPSA) is 52.7 Å². The van der Waals surface area contributed by atoms with Crippen LogP contribution in [0.1, 0.15) is 49.9 Å². The maximum atomic E-state index is 4.35. The molecule has 0 amide bonds. The van der Waals surface area contributed by atoms with Crippen molar-refractivity contribution in [3.8, 4) is 0 Å². The molecule has 2 heterocycles. The standard InChI is InChI=1S/C17H30N4S.2ClH/c1-14-16(21-13-20-14)12-22-11-10-19-15-2-4-17(5-3-15)6-8-18-9-7-17;;/h13,15,18-19H,2-12H2,1H3,(H,20,21);2*1H. The van der Waals surface area contributed by atoms with Crippen LogP contribution >= 0.6 is 36.6 Å². The van der Waals surface area contributed by atoms with Crippen LogP contribution in [0.5, 0.6) is 0 Å². The number of aryl methyl sites for hydroxylation is 1. The Bertz CT molecular complexity index is 453. The Labute approximate surface area is 162 Å². The highest BCUT2D eigenvalue weighted by atomic mass is 35.5. The summed E-state index contributed by atoms with van der Waals surface area (Å²) in [5.74, 6) is 2.20. The Morgan fingerprint density at radius 2 is 1.92 bits per heavy atom. The monoisotopic (exact) mass is 394 g/mol. The second-order valence-corrected chi connectivity index (χ2v) is 8.11. The average Bonchev–Trinajstić information content (AvgIpc) is 2.95. The Kier molecular flexibility index (Phi) is 10.1. The van der Waals surface area contributed by atoms with Crippen LogP contribution in [0.25, 0.3) is 0 Å². The number of hydrogen-bond acceptors (Lipinski definition) is 4. The van der Waals surface area contributed by atoms with Gasteiger partial charge >= 0.3 is 0 Å². The van der Waals surface area contributed by atoms with Gasteiger partial charge in [0.1, 0.15) is 0 Å². The number of imidazole rings is 1. The molecule has 7 heteroatoms. The highest BCUT2D eigenvalue weighted by Crippen LogP contribution is 2.43. The van der Waals surface area contributed by atoms with Crippen molar-refractivity contribution >= 4 is 36.6 Å². The minimum absolute atomic E-state index is 0. The van der Waals surface area contributed by atoms with Crippen LogP contribution in [0.15, 0.2) is 6.33 Å². The zero-order valence-electron chi connectivity index (χ0n) is 14.6. The van der Waals surface area contributed by atoms with E-state index < -0.39 is 0 Å². The molecule has 1 aliphatic heterocycles. The molecule has 1 aromatic rings. The second kappa shape index (κ2) is 10.9. The SMILES string of the molecule is Cc1[nH]cnc1CSCCNC1CCC2(CCNCC2)CC1.Cl.Cl. The molecule has 1 saturated carbocycles. The van der Waals surface area contributed by atoms with Gasteiger partial charge in [-0.25, -0.2) is 4.98 Å². The fourth-order valence-corrected chi connectivity index (χ4v) is 4.82. The van der Waals surface area contributed by atoms with Gasteiger partial charge in [-0.3, -0.25) is 0 Å². The molecule has 24 heavy (non-hydrogen) atoms. The third-order valence-electron chi connectivity index (χ3n) is 5.56. The van der Waals surface area contributed by atoms with E-state index in [0.717, 1.165) is 18.3 Å². The quantitative estimate of drug-likeness (QED) is 0.643. The van der Waals surface area contributed by atoms with Gasteiger partial charge < -0.3 is 15.6 Å². The summed E-state index contributed by atoms with van der Waals surface area (Å²) >= 11 is 1.98. The summed E-state index contributed by atoms with van der Waals surface area (Å²) in [6.45, 7) is 5.70. The summed E-state index contributed by atoms with van der Waals surface area (Å²) in [4.78, 5) is 7.49. The van der Waals surface area contributed by atoms with Gasteiger partial charge in [0.2, 0.25) is 0 Å². The first kappa shape index (κ1) is 22.1. The Morgan fingerprint density at radius 1 is 1.21 bits per heavy atom. The van der Waals surface area contributed by atoms with Crippen LogP contribution in [-0.2, 0) is 5.75 Å². The van der Waals surface area contributed by atoms with Crippen LogP contribution in [0, 0.1) is 12.3 Å². The highest BCUT2D eigenvalue weighted by Gasteiger charge is 2.35. The molecular weight excluding hydrogens is 363 g/mol. The molecule has 0 aromatic carbocycles. The normalized spacial score (nSPS) is 20.4. The van der Waals surface area contributed by atoms with E-state index in [1.807, 2.05) is 11.8 Å². The molecule has 1 aliphatic carbocycles. The van der Waals surface area contributed by atoms with Gasteiger partial charge in [-0.15, -0.1) is 24.8 Å². The van der Waals surface area contributed by atoms with Crippen molar-refractivity contribution < 1.29 is 0 Å². The highest BCUT2D eigenvalue weighted by molar-refractivity contribution is 7.98. The lowest BCUT2D eigenvalue weighted by Gasteiger charge is -2.43. The molecule has 1 saturated heterocycles. The maximum Gasteiger partial charge on any atom is 0.0925 e. The van der Waals surface area contributed by atoms with Crippen LogP contribution < -0.4 is 10.6 Å². The van der Waals surface area contributed by atoms with Gasteiger partial charge in [-0.2, -0.15) is 11.8 Å². The summed E-state index contributed by atoms with van der Waals surface area (Å²) < 4.78 is 0. The first-order valence-electron chi connectivity index (χ1n) is 8.78. The molecular formula is C17H32Cl2N4S. The van der Waals surface area contributed by atoms with Gasteiger partial charge in [-0.1, -0.05) is 0 Å². The van der Waals surface area contributed by atoms with Crippen molar-refractivity contribution in [2.24, 2.45) is 5.41 Å². The molecule has 3 rings (SSSR count). The lowest BCUT2D eigenvalue weighted by atomic mass is 9.67. The van der Waals surface area contributed by atoms with E-state index in [9.17, 15) is 0 Å². The Balaban J connectivity index is 0.00000144. The molecule has 1 spiro atoms. The molecule has 4 nitrogen and oxygen atoms in total. The lowest BCUT2D eigenvalue weighted by Crippen LogP contribution is -2.43. The minimum atomic E-state index is 0. The van der Waals surface area contributed by atoms with E-state index in [2.05, 4.69) is 27.5 Å². The maximum absolute atomic E-state index is 4.35. The fraction of sp³-hybridized carbons (Fsp3) is 0.824. The van der Waals surface area contributed by atoms with Crippen molar-refractivity contribution in [1.29, 1.82) is 0 Å². The molecule has 0 atom stereocenters. The van der Waals surface area contributed by atoms with Gasteiger partial charge in [0, 0.05) is 29.8 Å². The number of piperidine rings is 1. The van der Waals surface area contributed by atoms with Gasteiger partial charge in [0.25, 0.3) is 0 Å². The number of hydrogen-bond donors (Lipinski definition) is 3. The molecule has 3 N–H and O–H groups in total. The Morgan fingerprint density at radius 3 is 2.54 bits per heavy atom. The number of aromatic nitrogens is 2. The third-order valence-corrected chi connectivity index (χ3v) is 6.53. The molecule has 0 bridgehead atoms. The second-order valence-electron chi connectivity index (χ2n) is 7.01. The predicted octanol–water partition coefficient (Wildman–Crippen LogP) is 3.70. The van der Waals surface area contributed by atoms with E-state index in [4.69, 9.17) is 0 Å². The van der Waals surface area contributed by atoms with E-state index in [1.165, 1.54) is 68.8 Å². The molecule has 0 unspecified atom stereocenters. The number of halogens is 2. The summed E-state index contributed by atoms with van der Waals surface area (Å²) in [6.07, 6.45) is 10.2. The first-order valence-corrected chi connectivity index (χ1v) is 9.94. The number of nitrogens with one attached hydrogen (secondary N) is 3. The number of H-pyrrole nitrogens is 1. The van der Waals surface area contributed by atoms with Crippen molar-refractivity contribution in [3.63, 3.8) is 0 Å². The number of nitrogens with zero attached hydrogens (tertiary/aromatic N) is 1. The van der Waals surface area contributed by atoms with Crippen LogP contribution in [0.4, 0.5) is 0 Å². The first-order chi connectivity index (χ1) is 10.8. The Hall–Kier alpha value is 0.0600. The summed E-state index contributed by atoms with van der Waals surface area (Å²) in [5.41, 5.74) is 3.10. The third kappa shape index (κ3) is 6.10. The van der Waals surface area contributed by atoms with Crippen molar-refractivity contribution in [2.75, 3.05) is 25.4 Å². The summed E-state index contributed by atoms with van der Waals surface area (Å²) in [5, 5.41) is 7.28. The smallest absolute Gasteiger partial charge is 0.0925 e. The lowest BCUT2D eigenvalue weighted by molar-refractivity contribution is 0.116. The average molecular weight is 395 g/mol. The van der Waals surface area contributed by atoms with Crippen LogP contribution in [0.3, 0.4) is 0 Å². The summed E-state index contributed by atoms with van der Waals surface area (Å²) in [7, 11) is 0. The molecule has 2 fully saturated rings. The minimum Gasteiger partial charge on any atom is -0.348 e. The van der Waals surface area contributed by atoms with Crippen LogP contribution in [-0.4, -0.2) is 41.4 Å². The zero-order chi connectivity index (χ0) is 15.3. The van der Waals surface area contributed by atoms with E-state index in [-0.39, 0.29) is 24.8 Å².